The summed E-state index contributed by atoms with van der Waals surface area (Å²) < 4.78 is 31.6. The van der Waals surface area contributed by atoms with Gasteiger partial charge in [-0.2, -0.15) is 8.42 Å². The second-order valence-electron chi connectivity index (χ2n) is 5.17. The molecule has 0 aromatic heterocycles. The van der Waals surface area contributed by atoms with E-state index in [4.69, 9.17) is 4.55 Å². The monoisotopic (exact) mass is 343 g/mol. The number of hydrogen-bond acceptors (Lipinski definition) is 4. The van der Waals surface area contributed by atoms with Crippen LogP contribution in [0.4, 0.5) is 5.69 Å². The summed E-state index contributed by atoms with van der Waals surface area (Å²) in [5.41, 5.74) is 0.912. The van der Waals surface area contributed by atoms with Crippen LogP contribution < -0.4 is 5.32 Å². The third kappa shape index (κ3) is 3.22. The van der Waals surface area contributed by atoms with Crippen LogP contribution in [0, 0.1) is 0 Å². The Balaban J connectivity index is 2.00. The third-order valence-corrected chi connectivity index (χ3v) is 4.33. The van der Waals surface area contributed by atoms with Crippen molar-refractivity contribution in [2.24, 2.45) is 0 Å². The first-order valence-corrected chi connectivity index (χ1v) is 8.39. The molecule has 0 heterocycles. The largest absolute Gasteiger partial charge is 0.507 e. The highest BCUT2D eigenvalue weighted by molar-refractivity contribution is 7.85. The fourth-order valence-electron chi connectivity index (χ4n) is 2.34. The van der Waals surface area contributed by atoms with E-state index in [1.807, 2.05) is 0 Å². The number of phenolic OH excluding ortho intramolecular Hbond substituents is 1. The van der Waals surface area contributed by atoms with Crippen LogP contribution in [0.3, 0.4) is 0 Å². The second-order valence-corrected chi connectivity index (χ2v) is 6.60. The number of benzene rings is 3. The van der Waals surface area contributed by atoms with Gasteiger partial charge in [0.1, 0.15) is 5.75 Å². The molecule has 3 rings (SSSR count). The molecule has 0 radical (unpaired) electrons. The van der Waals surface area contributed by atoms with Gasteiger partial charge in [0.25, 0.3) is 16.0 Å². The number of phenols is 1. The lowest BCUT2D eigenvalue weighted by Crippen LogP contribution is -2.11. The quantitative estimate of drug-likeness (QED) is 0.634. The number of carbonyl (C=O) groups is 1. The van der Waals surface area contributed by atoms with Gasteiger partial charge in [-0.1, -0.05) is 18.2 Å². The fourth-order valence-corrected chi connectivity index (χ4v) is 2.88. The molecule has 0 atom stereocenters. The minimum atomic E-state index is -4.44. The Morgan fingerprint density at radius 1 is 0.958 bits per heavy atom. The molecule has 24 heavy (non-hydrogen) atoms. The summed E-state index contributed by atoms with van der Waals surface area (Å²) in [5.74, 6) is -0.592. The van der Waals surface area contributed by atoms with Crippen molar-refractivity contribution in [2.45, 2.75) is 4.90 Å². The van der Waals surface area contributed by atoms with Crippen molar-refractivity contribution in [3.63, 3.8) is 0 Å². The zero-order chi connectivity index (χ0) is 17.3. The first-order chi connectivity index (χ1) is 11.3. The molecular weight excluding hydrogens is 330 g/mol. The molecule has 0 saturated heterocycles. The zero-order valence-corrected chi connectivity index (χ0v) is 13.1. The molecule has 122 valence electrons. The second kappa shape index (κ2) is 5.95. The van der Waals surface area contributed by atoms with Gasteiger partial charge >= 0.3 is 0 Å². The van der Waals surface area contributed by atoms with Crippen molar-refractivity contribution in [3.05, 3.63) is 66.2 Å². The van der Waals surface area contributed by atoms with E-state index < -0.39 is 15.0 Å². The summed E-state index contributed by atoms with van der Waals surface area (Å²) in [4.78, 5) is 11.7. The van der Waals surface area contributed by atoms with Gasteiger partial charge < -0.3 is 10.4 Å². The number of fused-ring (bicyclic) bond motifs is 1. The molecule has 7 heteroatoms. The van der Waals surface area contributed by atoms with Crippen LogP contribution in [0.15, 0.2) is 65.6 Å². The van der Waals surface area contributed by atoms with E-state index in [0.29, 0.717) is 22.0 Å². The molecular formula is C17H13NO5S. The van der Waals surface area contributed by atoms with Crippen LogP contribution in [-0.2, 0) is 10.1 Å². The summed E-state index contributed by atoms with van der Waals surface area (Å²) in [6, 6.07) is 15.5. The molecule has 3 aromatic rings. The van der Waals surface area contributed by atoms with Gasteiger partial charge in [-0.05, 0) is 41.8 Å². The number of hydrogen-bond donors (Lipinski definition) is 3. The Kier molecular flexibility index (Phi) is 3.96. The van der Waals surface area contributed by atoms with E-state index in [9.17, 15) is 18.3 Å². The molecule has 6 nitrogen and oxygen atoms in total. The van der Waals surface area contributed by atoms with Crippen LogP contribution in [0.5, 0.6) is 5.75 Å². The van der Waals surface area contributed by atoms with Gasteiger partial charge in [-0.15, -0.1) is 0 Å². The van der Waals surface area contributed by atoms with E-state index in [2.05, 4.69) is 5.32 Å². The Labute approximate surface area is 138 Å². The van der Waals surface area contributed by atoms with Gasteiger partial charge in [0.2, 0.25) is 0 Å². The summed E-state index contributed by atoms with van der Waals surface area (Å²) in [7, 11) is -4.44. The molecule has 0 saturated carbocycles. The normalized spacial score (nSPS) is 11.4. The van der Waals surface area contributed by atoms with Crippen molar-refractivity contribution in [2.75, 3.05) is 5.32 Å². The van der Waals surface area contributed by atoms with Crippen LogP contribution in [0.1, 0.15) is 10.4 Å². The lowest BCUT2D eigenvalue weighted by Gasteiger charge is -2.09. The number of amides is 1. The van der Waals surface area contributed by atoms with Crippen LogP contribution in [-0.4, -0.2) is 24.0 Å². The number of carbonyl (C=O) groups excluding carboxylic acids is 1. The number of aromatic hydroxyl groups is 1. The molecule has 3 aromatic carbocycles. The molecule has 1 amide bonds. The lowest BCUT2D eigenvalue weighted by atomic mass is 10.1. The zero-order valence-electron chi connectivity index (χ0n) is 12.3. The van der Waals surface area contributed by atoms with Gasteiger partial charge in [0.15, 0.2) is 0 Å². The molecule has 3 N–H and O–H groups in total. The van der Waals surface area contributed by atoms with E-state index in [1.165, 1.54) is 12.1 Å². The summed E-state index contributed by atoms with van der Waals surface area (Å²) in [6.07, 6.45) is 0. The Morgan fingerprint density at radius 3 is 2.33 bits per heavy atom. The summed E-state index contributed by atoms with van der Waals surface area (Å²) in [6.45, 7) is 0. The van der Waals surface area contributed by atoms with Gasteiger partial charge in [-0.25, -0.2) is 0 Å². The molecule has 0 aliphatic heterocycles. The van der Waals surface area contributed by atoms with Gasteiger partial charge in [0.05, 0.1) is 4.90 Å². The first kappa shape index (κ1) is 16.0. The molecule has 0 unspecified atom stereocenters. The topological polar surface area (TPSA) is 104 Å². The molecule has 0 bridgehead atoms. The maximum Gasteiger partial charge on any atom is 0.294 e. The minimum absolute atomic E-state index is 0.277. The minimum Gasteiger partial charge on any atom is -0.507 e. The van der Waals surface area contributed by atoms with Crippen LogP contribution >= 0.6 is 0 Å². The summed E-state index contributed by atoms with van der Waals surface area (Å²) >= 11 is 0. The number of rotatable bonds is 3. The number of nitrogens with one attached hydrogen (secondary N) is 1. The van der Waals surface area contributed by atoms with E-state index in [1.54, 1.807) is 42.5 Å². The molecule has 0 aliphatic rings. The maximum absolute atomic E-state index is 12.1. The fraction of sp³-hybridized carbons (Fsp3) is 0. The predicted molar refractivity (Wildman–Crippen MR) is 89.8 cm³/mol. The van der Waals surface area contributed by atoms with E-state index >= 15 is 0 Å². The van der Waals surface area contributed by atoms with Crippen molar-refractivity contribution >= 4 is 32.5 Å². The predicted octanol–water partition coefficient (Wildman–Crippen LogP) is 3.04. The van der Waals surface area contributed by atoms with Crippen molar-refractivity contribution < 1.29 is 22.9 Å². The Morgan fingerprint density at radius 2 is 1.67 bits per heavy atom. The SMILES string of the molecule is O=C(Nc1ccc2c(O)cc(S(=O)(=O)O)cc2c1)c1ccccc1. The highest BCUT2D eigenvalue weighted by atomic mass is 32.2. The molecule has 0 aliphatic carbocycles. The average Bonchev–Trinajstić information content (AvgIpc) is 2.54. The van der Waals surface area contributed by atoms with Crippen LogP contribution in [0.25, 0.3) is 10.8 Å². The van der Waals surface area contributed by atoms with Gasteiger partial charge in [0, 0.05) is 22.7 Å². The maximum atomic E-state index is 12.1. The highest BCUT2D eigenvalue weighted by Gasteiger charge is 2.14. The Bertz CT molecular complexity index is 1030. The van der Waals surface area contributed by atoms with Crippen molar-refractivity contribution in [1.29, 1.82) is 0 Å². The third-order valence-electron chi connectivity index (χ3n) is 3.50. The molecule has 0 fully saturated rings. The highest BCUT2D eigenvalue weighted by Crippen LogP contribution is 2.30. The smallest absolute Gasteiger partial charge is 0.294 e. The van der Waals surface area contributed by atoms with Crippen LogP contribution in [0.2, 0.25) is 0 Å². The lowest BCUT2D eigenvalue weighted by molar-refractivity contribution is 0.102. The average molecular weight is 343 g/mol. The van der Waals surface area contributed by atoms with E-state index in [-0.39, 0.29) is 11.7 Å². The standard InChI is InChI=1S/C17H13NO5S/c19-16-10-14(24(21,22)23)9-12-8-13(6-7-15(12)16)18-17(20)11-4-2-1-3-5-11/h1-10,19H,(H,18,20)(H,21,22,23). The van der Waals surface area contributed by atoms with Crippen molar-refractivity contribution in [1.82, 2.24) is 0 Å². The van der Waals surface area contributed by atoms with E-state index in [0.717, 1.165) is 6.07 Å². The Hall–Kier alpha value is -2.90. The summed E-state index contributed by atoms with van der Waals surface area (Å²) in [5, 5.41) is 13.4. The first-order valence-electron chi connectivity index (χ1n) is 6.95. The van der Waals surface area contributed by atoms with Crippen molar-refractivity contribution in [3.8, 4) is 5.75 Å². The number of anilines is 1. The van der Waals surface area contributed by atoms with Gasteiger partial charge in [-0.3, -0.25) is 9.35 Å². The molecule has 0 spiro atoms.